The van der Waals surface area contributed by atoms with Crippen LogP contribution >= 0.6 is 31.9 Å². The summed E-state index contributed by atoms with van der Waals surface area (Å²) in [5, 5.41) is 3.29. The summed E-state index contributed by atoms with van der Waals surface area (Å²) in [4.78, 5) is 0. The van der Waals surface area contributed by atoms with Gasteiger partial charge in [0.25, 0.3) is 0 Å². The van der Waals surface area contributed by atoms with Crippen LogP contribution < -0.4 is 5.32 Å². The van der Waals surface area contributed by atoms with Crippen molar-refractivity contribution >= 4 is 37.9 Å². The fourth-order valence-electron chi connectivity index (χ4n) is 0.924. The van der Waals surface area contributed by atoms with E-state index < -0.39 is 0 Å². The van der Waals surface area contributed by atoms with Crippen LogP contribution in [0.15, 0.2) is 25.7 Å². The summed E-state index contributed by atoms with van der Waals surface area (Å²) in [6, 6.07) is 2.44. The molecule has 4 heteroatoms. The van der Waals surface area contributed by atoms with Crippen molar-refractivity contribution in [2.24, 2.45) is 0 Å². The largest absolute Gasteiger partial charge is 0.449 e. The first-order valence-electron chi connectivity index (χ1n) is 4.44. The Morgan fingerprint density at radius 2 is 2.21 bits per heavy atom. The van der Waals surface area contributed by atoms with E-state index in [1.165, 1.54) is 0 Å². The lowest BCUT2D eigenvalue weighted by Crippen LogP contribution is -2.22. The van der Waals surface area contributed by atoms with Crippen molar-refractivity contribution in [1.82, 2.24) is 5.32 Å². The molecule has 1 aromatic rings. The maximum atomic E-state index is 5.38. The number of hydrogen-bond donors (Lipinski definition) is 1. The third-order valence-corrected chi connectivity index (χ3v) is 3.30. The van der Waals surface area contributed by atoms with Crippen molar-refractivity contribution in [2.75, 3.05) is 6.54 Å². The summed E-state index contributed by atoms with van der Waals surface area (Å²) in [6.07, 6.45) is 3.99. The van der Waals surface area contributed by atoms with E-state index in [2.05, 4.69) is 51.0 Å². The molecule has 0 amide bonds. The summed E-state index contributed by atoms with van der Waals surface area (Å²) in [7, 11) is 0. The zero-order chi connectivity index (χ0) is 10.6. The summed E-state index contributed by atoms with van der Waals surface area (Å²) >= 11 is 6.64. The Morgan fingerprint density at radius 1 is 1.50 bits per heavy atom. The van der Waals surface area contributed by atoms with Gasteiger partial charge in [-0.3, -0.25) is 0 Å². The highest BCUT2D eigenvalue weighted by molar-refractivity contribution is 9.13. The predicted molar refractivity (Wildman–Crippen MR) is 66.3 cm³/mol. The first-order chi connectivity index (χ1) is 6.59. The monoisotopic (exact) mass is 321 g/mol. The van der Waals surface area contributed by atoms with Gasteiger partial charge in [-0.15, -0.1) is 0 Å². The lowest BCUT2D eigenvalue weighted by Gasteiger charge is -2.02. The smallest absolute Gasteiger partial charge is 0.184 e. The minimum atomic E-state index is 0.509. The number of halogens is 2. The molecule has 0 saturated carbocycles. The van der Waals surface area contributed by atoms with Crippen molar-refractivity contribution in [3.05, 3.63) is 27.0 Å². The zero-order valence-corrected chi connectivity index (χ0v) is 11.4. The highest BCUT2D eigenvalue weighted by Crippen LogP contribution is 2.27. The maximum absolute atomic E-state index is 5.38. The SMILES string of the molecule is CC(C)NCC=Cc1cc(Br)c(Br)o1. The van der Waals surface area contributed by atoms with Crippen LogP contribution in [-0.2, 0) is 0 Å². The highest BCUT2D eigenvalue weighted by atomic mass is 79.9. The van der Waals surface area contributed by atoms with Crippen LogP contribution in [0.1, 0.15) is 19.6 Å². The molecule has 1 aromatic heterocycles. The maximum Gasteiger partial charge on any atom is 0.184 e. The van der Waals surface area contributed by atoms with Crippen LogP contribution in [0.3, 0.4) is 0 Å². The van der Waals surface area contributed by atoms with Gasteiger partial charge in [0.05, 0.1) is 4.47 Å². The van der Waals surface area contributed by atoms with Gasteiger partial charge in [0.2, 0.25) is 0 Å². The van der Waals surface area contributed by atoms with Gasteiger partial charge in [-0.25, -0.2) is 0 Å². The molecule has 14 heavy (non-hydrogen) atoms. The van der Waals surface area contributed by atoms with Crippen LogP contribution in [-0.4, -0.2) is 12.6 Å². The van der Waals surface area contributed by atoms with Gasteiger partial charge in [-0.05, 0) is 44.0 Å². The quantitative estimate of drug-likeness (QED) is 0.911. The van der Waals surface area contributed by atoms with Crippen molar-refractivity contribution < 1.29 is 4.42 Å². The van der Waals surface area contributed by atoms with E-state index in [4.69, 9.17) is 4.42 Å². The topological polar surface area (TPSA) is 25.2 Å². The number of hydrogen-bond acceptors (Lipinski definition) is 2. The summed E-state index contributed by atoms with van der Waals surface area (Å²) in [6.45, 7) is 5.09. The van der Waals surface area contributed by atoms with Crippen molar-refractivity contribution in [3.63, 3.8) is 0 Å². The van der Waals surface area contributed by atoms with Crippen LogP contribution in [0.25, 0.3) is 6.08 Å². The van der Waals surface area contributed by atoms with E-state index in [-0.39, 0.29) is 0 Å². The van der Waals surface area contributed by atoms with Gasteiger partial charge >= 0.3 is 0 Å². The fourth-order valence-corrected chi connectivity index (χ4v) is 1.53. The standard InChI is InChI=1S/C10H13Br2NO/c1-7(2)13-5-3-4-8-6-9(11)10(12)14-8/h3-4,6-7,13H,5H2,1-2H3. The molecule has 0 aliphatic rings. The van der Waals surface area contributed by atoms with Crippen LogP contribution in [0.2, 0.25) is 0 Å². The van der Waals surface area contributed by atoms with Crippen molar-refractivity contribution in [3.8, 4) is 0 Å². The third kappa shape index (κ3) is 3.98. The molecule has 2 nitrogen and oxygen atoms in total. The molecule has 0 atom stereocenters. The average molecular weight is 323 g/mol. The molecule has 1 rings (SSSR count). The molecule has 0 aliphatic heterocycles. The molecular weight excluding hydrogens is 310 g/mol. The van der Waals surface area contributed by atoms with Gasteiger partial charge in [0.15, 0.2) is 4.67 Å². The molecule has 78 valence electrons. The van der Waals surface area contributed by atoms with Gasteiger partial charge in [0, 0.05) is 12.6 Å². The molecule has 1 heterocycles. The highest BCUT2D eigenvalue weighted by Gasteiger charge is 2.02. The molecule has 0 unspecified atom stereocenters. The molecule has 0 spiro atoms. The van der Waals surface area contributed by atoms with Gasteiger partial charge in [0.1, 0.15) is 5.76 Å². The van der Waals surface area contributed by atoms with Crippen LogP contribution in [0.4, 0.5) is 0 Å². The van der Waals surface area contributed by atoms with Crippen molar-refractivity contribution in [1.29, 1.82) is 0 Å². The Kier molecular flexibility index (Phi) is 4.92. The third-order valence-electron chi connectivity index (χ3n) is 1.59. The van der Waals surface area contributed by atoms with Crippen LogP contribution in [0, 0.1) is 0 Å². The van der Waals surface area contributed by atoms with Gasteiger partial charge < -0.3 is 9.73 Å². The number of furan rings is 1. The van der Waals surface area contributed by atoms with E-state index in [0.717, 1.165) is 21.4 Å². The summed E-state index contributed by atoms with van der Waals surface area (Å²) in [5.41, 5.74) is 0. The number of rotatable bonds is 4. The van der Waals surface area contributed by atoms with E-state index in [1.807, 2.05) is 18.2 Å². The molecule has 1 N–H and O–H groups in total. The van der Waals surface area contributed by atoms with Gasteiger partial charge in [-0.2, -0.15) is 0 Å². The molecule has 0 aromatic carbocycles. The Hall–Kier alpha value is -0.0600. The van der Waals surface area contributed by atoms with E-state index in [9.17, 15) is 0 Å². The summed E-state index contributed by atoms with van der Waals surface area (Å²) < 4.78 is 7.05. The Labute approximate surface area is 101 Å². The minimum absolute atomic E-state index is 0.509. The number of nitrogens with one attached hydrogen (secondary N) is 1. The Morgan fingerprint density at radius 3 is 2.71 bits per heavy atom. The molecular formula is C10H13Br2NO. The second-order valence-electron chi connectivity index (χ2n) is 3.24. The van der Waals surface area contributed by atoms with E-state index in [0.29, 0.717) is 6.04 Å². The van der Waals surface area contributed by atoms with Crippen molar-refractivity contribution in [2.45, 2.75) is 19.9 Å². The zero-order valence-electron chi connectivity index (χ0n) is 8.18. The second kappa shape index (κ2) is 5.73. The minimum Gasteiger partial charge on any atom is -0.449 e. The summed E-state index contributed by atoms with van der Waals surface area (Å²) in [5.74, 6) is 0.842. The lowest BCUT2D eigenvalue weighted by molar-refractivity contribution is 0.529. The van der Waals surface area contributed by atoms with E-state index in [1.54, 1.807) is 0 Å². The van der Waals surface area contributed by atoms with Gasteiger partial charge in [-0.1, -0.05) is 19.9 Å². The molecule has 0 bridgehead atoms. The first-order valence-corrected chi connectivity index (χ1v) is 6.03. The predicted octanol–water partition coefficient (Wildman–Crippen LogP) is 3.82. The first kappa shape index (κ1) is 12.0. The second-order valence-corrected chi connectivity index (χ2v) is 4.81. The molecule has 0 saturated heterocycles. The lowest BCUT2D eigenvalue weighted by atomic mass is 10.3. The normalized spacial score (nSPS) is 11.8. The molecule has 0 radical (unpaired) electrons. The fraction of sp³-hybridized carbons (Fsp3) is 0.400. The molecule has 0 aliphatic carbocycles. The van der Waals surface area contributed by atoms with E-state index >= 15 is 0 Å². The average Bonchev–Trinajstić information content (AvgIpc) is 2.40. The Balaban J connectivity index is 2.44. The van der Waals surface area contributed by atoms with Crippen LogP contribution in [0.5, 0.6) is 0 Å². The Bertz CT molecular complexity index is 298. The molecule has 0 fully saturated rings.